The van der Waals surface area contributed by atoms with E-state index in [4.69, 9.17) is 10.2 Å². The second kappa shape index (κ2) is 6.76. The van der Waals surface area contributed by atoms with E-state index in [1.807, 2.05) is 19.1 Å². The van der Waals surface area contributed by atoms with Gasteiger partial charge in [-0.15, -0.1) is 0 Å². The zero-order valence-corrected chi connectivity index (χ0v) is 10.2. The molecule has 3 N–H and O–H groups in total. The summed E-state index contributed by atoms with van der Waals surface area (Å²) in [6, 6.07) is 5.92. The number of carboxylic acid groups (broad SMARTS) is 1. The minimum atomic E-state index is -1.15. The number of benzene rings is 1. The molecule has 0 aromatic heterocycles. The number of carboxylic acids is 1. The van der Waals surface area contributed by atoms with Crippen LogP contribution in [0.1, 0.15) is 29.3 Å². The summed E-state index contributed by atoms with van der Waals surface area (Å²) in [5.41, 5.74) is 1.52. The van der Waals surface area contributed by atoms with Crippen LogP contribution in [-0.4, -0.2) is 34.7 Å². The van der Waals surface area contributed by atoms with Crippen LogP contribution in [0.5, 0.6) is 0 Å². The minimum absolute atomic E-state index is 0.00584. The van der Waals surface area contributed by atoms with E-state index in [1.165, 1.54) is 0 Å². The van der Waals surface area contributed by atoms with Crippen molar-refractivity contribution < 1.29 is 19.8 Å². The van der Waals surface area contributed by atoms with E-state index in [1.54, 1.807) is 12.1 Å². The summed E-state index contributed by atoms with van der Waals surface area (Å²) in [6.07, 6.45) is 0.873. The van der Waals surface area contributed by atoms with Gasteiger partial charge < -0.3 is 15.5 Å². The molecule has 0 bridgehead atoms. The third-order valence-electron chi connectivity index (χ3n) is 2.65. The van der Waals surface area contributed by atoms with E-state index in [0.717, 1.165) is 12.0 Å². The first-order chi connectivity index (χ1) is 8.58. The summed E-state index contributed by atoms with van der Waals surface area (Å²) in [5, 5.41) is 20.0. The van der Waals surface area contributed by atoms with Gasteiger partial charge in [0.1, 0.15) is 6.04 Å². The van der Waals surface area contributed by atoms with E-state index in [0.29, 0.717) is 5.56 Å². The van der Waals surface area contributed by atoms with Crippen LogP contribution >= 0.6 is 0 Å². The topological polar surface area (TPSA) is 86.6 Å². The van der Waals surface area contributed by atoms with Gasteiger partial charge in [0.25, 0.3) is 5.91 Å². The van der Waals surface area contributed by atoms with Crippen LogP contribution in [0.2, 0.25) is 0 Å². The lowest BCUT2D eigenvalue weighted by atomic mass is 10.1. The van der Waals surface area contributed by atoms with Gasteiger partial charge in [-0.25, -0.2) is 4.79 Å². The first-order valence-corrected chi connectivity index (χ1v) is 5.82. The van der Waals surface area contributed by atoms with Crippen molar-refractivity contribution >= 4 is 11.9 Å². The van der Waals surface area contributed by atoms with Gasteiger partial charge in [0.2, 0.25) is 0 Å². The second-order valence-corrected chi connectivity index (χ2v) is 3.93. The Kier molecular flexibility index (Phi) is 5.32. The SMILES string of the molecule is CCc1ccc(C(=O)N[C@@H](CCO)C(=O)O)cc1. The summed E-state index contributed by atoms with van der Waals surface area (Å²) in [4.78, 5) is 22.6. The van der Waals surface area contributed by atoms with Crippen molar-refractivity contribution in [2.24, 2.45) is 0 Å². The van der Waals surface area contributed by atoms with E-state index >= 15 is 0 Å². The number of aliphatic carboxylic acids is 1. The van der Waals surface area contributed by atoms with Crippen LogP contribution in [0.4, 0.5) is 0 Å². The number of carbonyl (C=O) groups is 2. The maximum atomic E-state index is 11.8. The lowest BCUT2D eigenvalue weighted by Crippen LogP contribution is -2.41. The molecule has 0 aliphatic rings. The average molecular weight is 251 g/mol. The second-order valence-electron chi connectivity index (χ2n) is 3.93. The van der Waals surface area contributed by atoms with E-state index < -0.39 is 17.9 Å². The van der Waals surface area contributed by atoms with Crippen molar-refractivity contribution in [2.75, 3.05) is 6.61 Å². The summed E-state index contributed by atoms with van der Waals surface area (Å²) in [6.45, 7) is 1.73. The molecule has 0 saturated heterocycles. The molecular weight excluding hydrogens is 234 g/mol. The zero-order valence-electron chi connectivity index (χ0n) is 10.2. The minimum Gasteiger partial charge on any atom is -0.480 e. The largest absolute Gasteiger partial charge is 0.480 e. The van der Waals surface area contributed by atoms with Crippen molar-refractivity contribution in [3.05, 3.63) is 35.4 Å². The fourth-order valence-electron chi connectivity index (χ4n) is 1.52. The molecule has 0 aliphatic heterocycles. The molecule has 0 heterocycles. The monoisotopic (exact) mass is 251 g/mol. The molecule has 0 saturated carbocycles. The quantitative estimate of drug-likeness (QED) is 0.698. The number of aryl methyl sites for hydroxylation is 1. The Balaban J connectivity index is 2.70. The molecule has 1 aromatic rings. The average Bonchev–Trinajstić information content (AvgIpc) is 2.38. The molecule has 1 amide bonds. The standard InChI is InChI=1S/C13H17NO4/c1-2-9-3-5-10(6-4-9)12(16)14-11(7-8-15)13(17)18/h3-6,11,15H,2,7-8H2,1H3,(H,14,16)(H,17,18)/t11-/m0/s1. The summed E-state index contributed by atoms with van der Waals surface area (Å²) < 4.78 is 0. The van der Waals surface area contributed by atoms with Gasteiger partial charge in [0.05, 0.1) is 0 Å². The summed E-state index contributed by atoms with van der Waals surface area (Å²) >= 11 is 0. The predicted molar refractivity (Wildman–Crippen MR) is 66.4 cm³/mol. The molecule has 0 fully saturated rings. The smallest absolute Gasteiger partial charge is 0.326 e. The number of aliphatic hydroxyl groups is 1. The first kappa shape index (κ1) is 14.2. The maximum Gasteiger partial charge on any atom is 0.326 e. The van der Waals surface area contributed by atoms with Crippen LogP contribution in [-0.2, 0) is 11.2 Å². The number of aliphatic hydroxyl groups excluding tert-OH is 1. The Hall–Kier alpha value is -1.88. The van der Waals surface area contributed by atoms with Crippen molar-refractivity contribution in [1.82, 2.24) is 5.32 Å². The summed E-state index contributed by atoms with van der Waals surface area (Å²) in [7, 11) is 0. The molecule has 18 heavy (non-hydrogen) atoms. The highest BCUT2D eigenvalue weighted by atomic mass is 16.4. The van der Waals surface area contributed by atoms with Crippen molar-refractivity contribution in [1.29, 1.82) is 0 Å². The molecule has 0 radical (unpaired) electrons. The highest BCUT2D eigenvalue weighted by Crippen LogP contribution is 2.05. The molecule has 1 aromatic carbocycles. The van der Waals surface area contributed by atoms with Gasteiger partial charge in [0, 0.05) is 18.6 Å². The lowest BCUT2D eigenvalue weighted by Gasteiger charge is -2.13. The van der Waals surface area contributed by atoms with Crippen LogP contribution < -0.4 is 5.32 Å². The number of amides is 1. The van der Waals surface area contributed by atoms with Gasteiger partial charge in [-0.2, -0.15) is 0 Å². The normalized spacial score (nSPS) is 11.9. The van der Waals surface area contributed by atoms with Gasteiger partial charge in [-0.1, -0.05) is 19.1 Å². The van der Waals surface area contributed by atoms with Crippen molar-refractivity contribution in [3.8, 4) is 0 Å². The van der Waals surface area contributed by atoms with E-state index in [-0.39, 0.29) is 13.0 Å². The highest BCUT2D eigenvalue weighted by Gasteiger charge is 2.19. The lowest BCUT2D eigenvalue weighted by molar-refractivity contribution is -0.139. The van der Waals surface area contributed by atoms with Crippen LogP contribution in [0.25, 0.3) is 0 Å². The number of rotatable bonds is 6. The summed E-state index contributed by atoms with van der Waals surface area (Å²) in [5.74, 6) is -1.60. The fourth-order valence-corrected chi connectivity index (χ4v) is 1.52. The van der Waals surface area contributed by atoms with Crippen molar-refractivity contribution in [2.45, 2.75) is 25.8 Å². The molecule has 0 spiro atoms. The van der Waals surface area contributed by atoms with Gasteiger partial charge >= 0.3 is 5.97 Å². The molecule has 5 nitrogen and oxygen atoms in total. The first-order valence-electron chi connectivity index (χ1n) is 5.82. The molecule has 0 unspecified atom stereocenters. The number of nitrogens with one attached hydrogen (secondary N) is 1. The Bertz CT molecular complexity index is 414. The molecule has 1 atom stereocenters. The van der Waals surface area contributed by atoms with Gasteiger partial charge in [0.15, 0.2) is 0 Å². The Morgan fingerprint density at radius 2 is 1.89 bits per heavy atom. The van der Waals surface area contributed by atoms with E-state index in [9.17, 15) is 9.59 Å². The molecule has 0 aliphatic carbocycles. The predicted octanol–water partition coefficient (Wildman–Crippen LogP) is 0.814. The highest BCUT2D eigenvalue weighted by molar-refractivity contribution is 5.96. The van der Waals surface area contributed by atoms with Gasteiger partial charge in [-0.05, 0) is 24.1 Å². The maximum absolute atomic E-state index is 11.8. The van der Waals surface area contributed by atoms with Crippen molar-refractivity contribution in [3.63, 3.8) is 0 Å². The molecular formula is C13H17NO4. The molecule has 5 heteroatoms. The van der Waals surface area contributed by atoms with Crippen LogP contribution in [0, 0.1) is 0 Å². The number of carbonyl (C=O) groups excluding carboxylic acids is 1. The molecule has 98 valence electrons. The Morgan fingerprint density at radius 1 is 1.28 bits per heavy atom. The van der Waals surface area contributed by atoms with Gasteiger partial charge in [-0.3, -0.25) is 4.79 Å². The molecule has 1 rings (SSSR count). The Labute approximate surface area is 105 Å². The van der Waals surface area contributed by atoms with E-state index in [2.05, 4.69) is 5.32 Å². The third kappa shape index (κ3) is 3.85. The fraction of sp³-hybridized carbons (Fsp3) is 0.385. The van der Waals surface area contributed by atoms with Crippen LogP contribution in [0.15, 0.2) is 24.3 Å². The number of hydrogen-bond donors (Lipinski definition) is 3. The number of hydrogen-bond acceptors (Lipinski definition) is 3. The van der Waals surface area contributed by atoms with Crippen LogP contribution in [0.3, 0.4) is 0 Å². The zero-order chi connectivity index (χ0) is 13.5. The third-order valence-corrected chi connectivity index (χ3v) is 2.65. The Morgan fingerprint density at radius 3 is 2.33 bits per heavy atom.